The molecule has 1 atom stereocenters. The second-order valence-electron chi connectivity index (χ2n) is 3.37. The summed E-state index contributed by atoms with van der Waals surface area (Å²) >= 11 is 3.34. The average molecular weight is 267 g/mol. The van der Waals surface area contributed by atoms with E-state index in [-0.39, 0.29) is 0 Å². The number of aliphatic hydroxyl groups excluding tert-OH is 1. The molecule has 1 aromatic carbocycles. The third-order valence-corrected chi connectivity index (χ3v) is 2.60. The second-order valence-corrected chi connectivity index (χ2v) is 4.29. The number of rotatable bonds is 2. The van der Waals surface area contributed by atoms with E-state index in [0.717, 1.165) is 15.7 Å². The van der Waals surface area contributed by atoms with Crippen molar-refractivity contribution in [2.75, 3.05) is 0 Å². The van der Waals surface area contributed by atoms with Crippen molar-refractivity contribution in [3.63, 3.8) is 0 Å². The number of hydrogen-bond acceptors (Lipinski definition) is 2. The van der Waals surface area contributed by atoms with Crippen molar-refractivity contribution >= 4 is 15.9 Å². The number of aromatic nitrogens is 2. The Balaban J connectivity index is 2.31. The summed E-state index contributed by atoms with van der Waals surface area (Å²) in [5.41, 5.74) is 1.88. The monoisotopic (exact) mass is 266 g/mol. The van der Waals surface area contributed by atoms with Gasteiger partial charge in [-0.1, -0.05) is 12.1 Å². The predicted octanol–water partition coefficient (Wildman–Crippen LogP) is 2.69. The Labute approximate surface area is 96.5 Å². The maximum Gasteiger partial charge on any atom is 0.0761 e. The lowest BCUT2D eigenvalue weighted by atomic mass is 10.1. The van der Waals surface area contributed by atoms with Gasteiger partial charge >= 0.3 is 0 Å². The molecule has 3 nitrogen and oxygen atoms in total. The van der Waals surface area contributed by atoms with E-state index in [2.05, 4.69) is 21.0 Å². The van der Waals surface area contributed by atoms with Crippen molar-refractivity contribution < 1.29 is 5.11 Å². The van der Waals surface area contributed by atoms with Crippen LogP contribution in [0.15, 0.2) is 41.1 Å². The number of hydrogen-bond donors (Lipinski definition) is 1. The molecule has 1 heterocycles. The van der Waals surface area contributed by atoms with Gasteiger partial charge in [0.25, 0.3) is 0 Å². The molecule has 0 fully saturated rings. The zero-order valence-electron chi connectivity index (χ0n) is 8.26. The van der Waals surface area contributed by atoms with Gasteiger partial charge in [0.1, 0.15) is 0 Å². The number of aliphatic hydroxyl groups is 1. The molecular weight excluding hydrogens is 256 g/mol. The molecule has 0 amide bonds. The first kappa shape index (κ1) is 10.4. The molecule has 0 radical (unpaired) electrons. The van der Waals surface area contributed by atoms with Crippen molar-refractivity contribution in [3.8, 4) is 5.69 Å². The van der Waals surface area contributed by atoms with Gasteiger partial charge in [-0.25, -0.2) is 4.68 Å². The first-order chi connectivity index (χ1) is 7.16. The van der Waals surface area contributed by atoms with E-state index in [1.54, 1.807) is 17.8 Å². The summed E-state index contributed by atoms with van der Waals surface area (Å²) in [4.78, 5) is 0. The van der Waals surface area contributed by atoms with Gasteiger partial charge in [-0.2, -0.15) is 5.10 Å². The fourth-order valence-electron chi connectivity index (χ4n) is 1.35. The molecule has 2 aromatic rings. The summed E-state index contributed by atoms with van der Waals surface area (Å²) in [5.74, 6) is 0. The van der Waals surface area contributed by atoms with Crippen LogP contribution < -0.4 is 0 Å². The van der Waals surface area contributed by atoms with Crippen molar-refractivity contribution in [3.05, 3.63) is 46.7 Å². The molecule has 78 valence electrons. The fraction of sp³-hybridized carbons (Fsp3) is 0.182. The summed E-state index contributed by atoms with van der Waals surface area (Å²) in [5, 5.41) is 13.5. The smallest absolute Gasteiger partial charge is 0.0761 e. The largest absolute Gasteiger partial charge is 0.389 e. The van der Waals surface area contributed by atoms with Crippen molar-refractivity contribution in [1.29, 1.82) is 0 Å². The Morgan fingerprint density at radius 3 is 2.47 bits per heavy atom. The maximum atomic E-state index is 9.36. The molecule has 15 heavy (non-hydrogen) atoms. The molecule has 2 rings (SSSR count). The van der Waals surface area contributed by atoms with Crippen LogP contribution in [0, 0.1) is 0 Å². The summed E-state index contributed by atoms with van der Waals surface area (Å²) < 4.78 is 2.72. The van der Waals surface area contributed by atoms with E-state index >= 15 is 0 Å². The van der Waals surface area contributed by atoms with Gasteiger partial charge in [-0.05, 0) is 40.5 Å². The molecule has 0 saturated carbocycles. The predicted molar refractivity (Wildman–Crippen MR) is 61.9 cm³/mol. The van der Waals surface area contributed by atoms with Crippen LogP contribution in [0.3, 0.4) is 0 Å². The minimum Gasteiger partial charge on any atom is -0.389 e. The molecule has 1 unspecified atom stereocenters. The van der Waals surface area contributed by atoms with Gasteiger partial charge in [-0.15, -0.1) is 0 Å². The Bertz CT molecular complexity index is 448. The van der Waals surface area contributed by atoms with Crippen LogP contribution >= 0.6 is 15.9 Å². The van der Waals surface area contributed by atoms with Crippen molar-refractivity contribution in [2.45, 2.75) is 13.0 Å². The quantitative estimate of drug-likeness (QED) is 0.908. The lowest BCUT2D eigenvalue weighted by molar-refractivity contribution is 0.199. The van der Waals surface area contributed by atoms with Gasteiger partial charge in [0.2, 0.25) is 0 Å². The summed E-state index contributed by atoms with van der Waals surface area (Å²) in [6, 6.07) is 7.66. The molecule has 0 saturated heterocycles. The molecule has 0 spiro atoms. The topological polar surface area (TPSA) is 38.0 Å². The lowest BCUT2D eigenvalue weighted by Gasteiger charge is -2.06. The Hall–Kier alpha value is -1.13. The summed E-state index contributed by atoms with van der Waals surface area (Å²) in [6.07, 6.45) is 3.20. The molecule has 4 heteroatoms. The van der Waals surface area contributed by atoms with Crippen molar-refractivity contribution in [1.82, 2.24) is 9.78 Å². The van der Waals surface area contributed by atoms with Crippen LogP contribution in [0.2, 0.25) is 0 Å². The lowest BCUT2D eigenvalue weighted by Crippen LogP contribution is -1.96. The van der Waals surface area contributed by atoms with E-state index < -0.39 is 6.10 Å². The van der Waals surface area contributed by atoms with Crippen LogP contribution in [0.4, 0.5) is 0 Å². The summed E-state index contributed by atoms with van der Waals surface area (Å²) in [6.45, 7) is 1.75. The highest BCUT2D eigenvalue weighted by molar-refractivity contribution is 9.10. The highest BCUT2D eigenvalue weighted by Crippen LogP contribution is 2.16. The first-order valence-electron chi connectivity index (χ1n) is 4.65. The van der Waals surface area contributed by atoms with Gasteiger partial charge in [0.15, 0.2) is 0 Å². The van der Waals surface area contributed by atoms with Crippen LogP contribution in [-0.4, -0.2) is 14.9 Å². The molecule has 0 aliphatic heterocycles. The highest BCUT2D eigenvalue weighted by atomic mass is 79.9. The minimum absolute atomic E-state index is 0.427. The second kappa shape index (κ2) is 4.16. The number of benzene rings is 1. The number of halogens is 1. The maximum absolute atomic E-state index is 9.36. The molecule has 1 aromatic heterocycles. The SMILES string of the molecule is CC(O)c1ccc(-n2cc(Br)cn2)cc1. The fourth-order valence-corrected chi connectivity index (χ4v) is 1.63. The van der Waals surface area contributed by atoms with Crippen LogP contribution in [0.25, 0.3) is 5.69 Å². The van der Waals surface area contributed by atoms with Crippen LogP contribution in [0.1, 0.15) is 18.6 Å². The van der Waals surface area contributed by atoms with Crippen LogP contribution in [-0.2, 0) is 0 Å². The molecular formula is C11H11BrN2O. The van der Waals surface area contributed by atoms with E-state index in [4.69, 9.17) is 0 Å². The minimum atomic E-state index is -0.427. The normalized spacial score (nSPS) is 12.7. The van der Waals surface area contributed by atoms with E-state index in [1.165, 1.54) is 0 Å². The zero-order valence-corrected chi connectivity index (χ0v) is 9.85. The first-order valence-corrected chi connectivity index (χ1v) is 5.44. The third-order valence-electron chi connectivity index (χ3n) is 2.19. The zero-order chi connectivity index (χ0) is 10.8. The Morgan fingerprint density at radius 2 is 2.00 bits per heavy atom. The van der Waals surface area contributed by atoms with Gasteiger partial charge < -0.3 is 5.11 Å². The van der Waals surface area contributed by atoms with Crippen LogP contribution in [0.5, 0.6) is 0 Å². The third kappa shape index (κ3) is 2.27. The van der Waals surface area contributed by atoms with E-state index in [1.807, 2.05) is 30.5 Å². The molecule has 0 aliphatic rings. The average Bonchev–Trinajstić information content (AvgIpc) is 2.65. The van der Waals surface area contributed by atoms with Gasteiger partial charge in [0, 0.05) is 6.20 Å². The van der Waals surface area contributed by atoms with E-state index in [9.17, 15) is 5.11 Å². The van der Waals surface area contributed by atoms with Gasteiger partial charge in [-0.3, -0.25) is 0 Å². The van der Waals surface area contributed by atoms with Gasteiger partial charge in [0.05, 0.1) is 22.5 Å². The standard InChI is InChI=1S/C11H11BrN2O/c1-8(15)9-2-4-11(5-3-9)14-7-10(12)6-13-14/h2-8,15H,1H3. The Kier molecular flexibility index (Phi) is 2.88. The molecule has 0 bridgehead atoms. The van der Waals surface area contributed by atoms with E-state index in [0.29, 0.717) is 0 Å². The van der Waals surface area contributed by atoms with Crippen molar-refractivity contribution in [2.24, 2.45) is 0 Å². The molecule has 1 N–H and O–H groups in total. The number of nitrogens with zero attached hydrogens (tertiary/aromatic N) is 2. The molecule has 0 aliphatic carbocycles. The summed E-state index contributed by atoms with van der Waals surface area (Å²) in [7, 11) is 0. The Morgan fingerprint density at radius 1 is 1.33 bits per heavy atom. The highest BCUT2D eigenvalue weighted by Gasteiger charge is 2.02.